The highest BCUT2D eigenvalue weighted by Gasteiger charge is 2.12. The van der Waals surface area contributed by atoms with Crippen molar-refractivity contribution in [2.75, 3.05) is 6.54 Å². The molecule has 0 aromatic rings. The molecule has 0 spiro atoms. The lowest BCUT2D eigenvalue weighted by molar-refractivity contribution is -0.488. The molecule has 0 saturated carbocycles. The minimum atomic E-state index is -0.267. The van der Waals surface area contributed by atoms with Gasteiger partial charge >= 0.3 is 0 Å². The largest absolute Gasteiger partial charge is 0.265 e. The molecule has 3 heteroatoms. The van der Waals surface area contributed by atoms with Gasteiger partial charge in [0.25, 0.3) is 0 Å². The van der Waals surface area contributed by atoms with E-state index in [2.05, 4.69) is 13.2 Å². The van der Waals surface area contributed by atoms with E-state index in [1.54, 1.807) is 12.2 Å². The molecule has 0 fully saturated rings. The molecule has 0 aliphatic carbocycles. The number of nitro groups is 1. The summed E-state index contributed by atoms with van der Waals surface area (Å²) in [5.41, 5.74) is 0. The second-order valence-electron chi connectivity index (χ2n) is 2.77. The third-order valence-electron chi connectivity index (χ3n) is 1.69. The summed E-state index contributed by atoms with van der Waals surface area (Å²) in [6, 6.07) is 0. The second-order valence-corrected chi connectivity index (χ2v) is 2.77. The van der Waals surface area contributed by atoms with Gasteiger partial charge in [-0.3, -0.25) is 10.1 Å². The smallest absolute Gasteiger partial charge is 0.206 e. The quantitative estimate of drug-likeness (QED) is 0.333. The Morgan fingerprint density at radius 2 is 2.08 bits per heavy atom. The van der Waals surface area contributed by atoms with E-state index in [0.29, 0.717) is 0 Å². The molecule has 0 bridgehead atoms. The van der Waals surface area contributed by atoms with Gasteiger partial charge in [0.1, 0.15) is 0 Å². The third-order valence-corrected chi connectivity index (χ3v) is 1.69. The van der Waals surface area contributed by atoms with Crippen LogP contribution in [0.1, 0.15) is 19.3 Å². The van der Waals surface area contributed by atoms with E-state index in [9.17, 15) is 10.1 Å². The summed E-state index contributed by atoms with van der Waals surface area (Å²) >= 11 is 0. The average Bonchev–Trinajstić information content (AvgIpc) is 2.00. The molecule has 1 unspecified atom stereocenters. The van der Waals surface area contributed by atoms with E-state index in [1.807, 2.05) is 0 Å². The van der Waals surface area contributed by atoms with Crippen LogP contribution in [-0.2, 0) is 0 Å². The maximum atomic E-state index is 10.2. The van der Waals surface area contributed by atoms with Gasteiger partial charge in [-0.05, 0) is 19.3 Å². The van der Waals surface area contributed by atoms with Gasteiger partial charge in [-0.25, -0.2) is 0 Å². The van der Waals surface area contributed by atoms with Gasteiger partial charge in [0.15, 0.2) is 0 Å². The molecule has 12 heavy (non-hydrogen) atoms. The molecule has 0 N–H and O–H groups in total. The number of hydrogen-bond acceptors (Lipinski definition) is 2. The molecule has 0 aromatic carbocycles. The van der Waals surface area contributed by atoms with Crippen LogP contribution in [0.5, 0.6) is 0 Å². The van der Waals surface area contributed by atoms with Gasteiger partial charge in [-0.1, -0.05) is 12.2 Å². The first-order valence-corrected chi connectivity index (χ1v) is 4.04. The molecular formula is C9H15NO2. The fraction of sp³-hybridized carbons (Fsp3) is 0.556. The van der Waals surface area contributed by atoms with Crippen LogP contribution in [0.25, 0.3) is 0 Å². The van der Waals surface area contributed by atoms with Crippen LogP contribution in [0.15, 0.2) is 25.3 Å². The Hall–Kier alpha value is -1.12. The number of rotatable bonds is 7. The Bertz CT molecular complexity index is 166. The van der Waals surface area contributed by atoms with Gasteiger partial charge in [0, 0.05) is 10.8 Å². The van der Waals surface area contributed by atoms with Crippen LogP contribution in [-0.4, -0.2) is 11.5 Å². The van der Waals surface area contributed by atoms with Crippen LogP contribution >= 0.6 is 0 Å². The zero-order valence-corrected chi connectivity index (χ0v) is 7.24. The Morgan fingerprint density at radius 1 is 1.42 bits per heavy atom. The van der Waals surface area contributed by atoms with Crippen molar-refractivity contribution in [3.63, 3.8) is 0 Å². The fourth-order valence-electron chi connectivity index (χ4n) is 1.08. The average molecular weight is 169 g/mol. The van der Waals surface area contributed by atoms with Gasteiger partial charge in [0.2, 0.25) is 6.54 Å². The van der Waals surface area contributed by atoms with E-state index in [1.165, 1.54) is 0 Å². The first-order chi connectivity index (χ1) is 5.70. The summed E-state index contributed by atoms with van der Waals surface area (Å²) in [5, 5.41) is 10.2. The third kappa shape index (κ3) is 5.65. The van der Waals surface area contributed by atoms with Gasteiger partial charge < -0.3 is 0 Å². The highest BCUT2D eigenvalue weighted by Crippen LogP contribution is 2.12. The lowest BCUT2D eigenvalue weighted by Gasteiger charge is -2.07. The summed E-state index contributed by atoms with van der Waals surface area (Å²) in [6.07, 6.45) is 5.91. The predicted octanol–water partition coefficient (Wildman–Crippen LogP) is 2.42. The Morgan fingerprint density at radius 3 is 2.50 bits per heavy atom. The topological polar surface area (TPSA) is 43.1 Å². The van der Waals surface area contributed by atoms with Crippen molar-refractivity contribution >= 4 is 0 Å². The van der Waals surface area contributed by atoms with Crippen LogP contribution < -0.4 is 0 Å². The number of allylic oxidation sites excluding steroid dienone is 2. The van der Waals surface area contributed by atoms with Crippen molar-refractivity contribution in [1.82, 2.24) is 0 Å². The summed E-state index contributed by atoms with van der Waals surface area (Å²) in [4.78, 5) is 9.93. The summed E-state index contributed by atoms with van der Waals surface area (Å²) in [5.74, 6) is 0.121. The van der Waals surface area contributed by atoms with Crippen molar-refractivity contribution in [3.05, 3.63) is 35.4 Å². The van der Waals surface area contributed by atoms with Crippen LogP contribution in [0.2, 0.25) is 0 Å². The Balaban J connectivity index is 3.75. The van der Waals surface area contributed by atoms with Crippen molar-refractivity contribution in [2.24, 2.45) is 5.92 Å². The fourth-order valence-corrected chi connectivity index (χ4v) is 1.08. The molecule has 0 aromatic heterocycles. The van der Waals surface area contributed by atoms with Crippen molar-refractivity contribution < 1.29 is 4.92 Å². The minimum absolute atomic E-state index is 0.0415. The van der Waals surface area contributed by atoms with E-state index in [0.717, 1.165) is 19.3 Å². The van der Waals surface area contributed by atoms with Crippen molar-refractivity contribution in [3.8, 4) is 0 Å². The van der Waals surface area contributed by atoms with E-state index >= 15 is 0 Å². The van der Waals surface area contributed by atoms with Gasteiger partial charge in [-0.15, -0.1) is 13.2 Å². The highest BCUT2D eigenvalue weighted by atomic mass is 16.6. The lowest BCUT2D eigenvalue weighted by atomic mass is 10.00. The van der Waals surface area contributed by atoms with E-state index in [-0.39, 0.29) is 17.4 Å². The SMILES string of the molecule is C=CCCC(CC=C)C[N+](=O)[O-]. The van der Waals surface area contributed by atoms with Crippen LogP contribution in [0.3, 0.4) is 0 Å². The summed E-state index contributed by atoms with van der Waals surface area (Å²) in [7, 11) is 0. The predicted molar refractivity (Wildman–Crippen MR) is 49.6 cm³/mol. The second kappa shape index (κ2) is 6.58. The van der Waals surface area contributed by atoms with Crippen LogP contribution in [0, 0.1) is 16.0 Å². The maximum Gasteiger partial charge on any atom is 0.206 e. The first-order valence-electron chi connectivity index (χ1n) is 4.04. The number of hydrogen-bond donors (Lipinski definition) is 0. The summed E-state index contributed by atoms with van der Waals surface area (Å²) in [6.45, 7) is 7.19. The molecule has 0 aliphatic heterocycles. The summed E-state index contributed by atoms with van der Waals surface area (Å²) < 4.78 is 0. The van der Waals surface area contributed by atoms with E-state index < -0.39 is 0 Å². The molecule has 0 saturated heterocycles. The molecule has 0 amide bonds. The maximum absolute atomic E-state index is 10.2. The molecular weight excluding hydrogens is 154 g/mol. The molecule has 0 rings (SSSR count). The normalized spacial score (nSPS) is 12.0. The van der Waals surface area contributed by atoms with Gasteiger partial charge in [-0.2, -0.15) is 0 Å². The Kier molecular flexibility index (Phi) is 5.97. The number of nitrogens with zero attached hydrogens (tertiary/aromatic N) is 1. The van der Waals surface area contributed by atoms with Crippen molar-refractivity contribution in [1.29, 1.82) is 0 Å². The zero-order chi connectivity index (χ0) is 9.40. The zero-order valence-electron chi connectivity index (χ0n) is 7.24. The van der Waals surface area contributed by atoms with Gasteiger partial charge in [0.05, 0.1) is 0 Å². The monoisotopic (exact) mass is 169 g/mol. The van der Waals surface area contributed by atoms with Crippen LogP contribution in [0.4, 0.5) is 0 Å². The highest BCUT2D eigenvalue weighted by molar-refractivity contribution is 4.76. The molecule has 1 atom stereocenters. The van der Waals surface area contributed by atoms with Crippen molar-refractivity contribution in [2.45, 2.75) is 19.3 Å². The first kappa shape index (κ1) is 10.9. The molecule has 0 heterocycles. The molecule has 0 radical (unpaired) electrons. The minimum Gasteiger partial charge on any atom is -0.265 e. The molecule has 68 valence electrons. The molecule has 3 nitrogen and oxygen atoms in total. The Labute approximate surface area is 72.9 Å². The standard InChI is InChI=1S/C9H15NO2/c1-3-5-7-9(6-4-2)8-10(11)12/h3-4,9H,1-2,5-8H2. The lowest BCUT2D eigenvalue weighted by Crippen LogP contribution is -2.13. The molecule has 0 aliphatic rings. The van der Waals surface area contributed by atoms with E-state index in [4.69, 9.17) is 0 Å².